The molecule has 3 amide bonds. The average Bonchev–Trinajstić information content (AvgIpc) is 2.71. The van der Waals surface area contributed by atoms with Gasteiger partial charge >= 0.3 is 6.09 Å². The molecule has 0 aliphatic rings. The molecule has 0 aliphatic carbocycles. The van der Waals surface area contributed by atoms with Gasteiger partial charge in [0.25, 0.3) is 12.6 Å². The number of pyridine rings is 1. The molecular formula is C22H29N4O4+. The van der Waals surface area contributed by atoms with Crippen LogP contribution in [0.4, 0.5) is 4.79 Å². The lowest BCUT2D eigenvalue weighted by atomic mass is 10.1. The molecule has 8 nitrogen and oxygen atoms in total. The van der Waals surface area contributed by atoms with Gasteiger partial charge in [-0.05, 0) is 32.8 Å². The Morgan fingerprint density at radius 2 is 1.63 bits per heavy atom. The molecule has 0 unspecified atom stereocenters. The third-order valence-corrected chi connectivity index (χ3v) is 4.11. The van der Waals surface area contributed by atoms with Crippen LogP contribution < -0.4 is 20.5 Å². The normalized spacial score (nSPS) is 11.5. The summed E-state index contributed by atoms with van der Waals surface area (Å²) in [6.07, 6.45) is 3.46. The Hall–Kier alpha value is -3.42. The van der Waals surface area contributed by atoms with E-state index in [4.69, 9.17) is 4.74 Å². The van der Waals surface area contributed by atoms with Crippen LogP contribution in [0.25, 0.3) is 0 Å². The van der Waals surface area contributed by atoms with Crippen molar-refractivity contribution in [2.75, 3.05) is 6.54 Å². The van der Waals surface area contributed by atoms with Gasteiger partial charge in [0.1, 0.15) is 0 Å². The number of alkyl carbamates (subject to hydrolysis) is 1. The molecule has 160 valence electrons. The lowest BCUT2D eigenvalue weighted by Gasteiger charge is -2.13. The highest BCUT2D eigenvalue weighted by molar-refractivity contribution is 5.96. The van der Waals surface area contributed by atoms with E-state index >= 15 is 0 Å². The van der Waals surface area contributed by atoms with Crippen molar-refractivity contribution in [2.45, 2.75) is 46.0 Å². The maximum Gasteiger partial charge on any atom is 0.412 e. The summed E-state index contributed by atoms with van der Waals surface area (Å²) in [7, 11) is 0. The van der Waals surface area contributed by atoms with Gasteiger partial charge in [-0.2, -0.15) is 4.57 Å². The lowest BCUT2D eigenvalue weighted by Crippen LogP contribution is -2.41. The molecule has 0 bridgehead atoms. The Morgan fingerprint density at radius 1 is 0.967 bits per heavy atom. The van der Waals surface area contributed by atoms with Crippen molar-refractivity contribution in [1.29, 1.82) is 0 Å². The minimum atomic E-state index is -0.510. The monoisotopic (exact) mass is 413 g/mol. The first-order chi connectivity index (χ1) is 14.3. The molecule has 2 rings (SSSR count). The summed E-state index contributed by atoms with van der Waals surface area (Å²) in [5.41, 5.74) is 1.54. The number of aromatic nitrogens is 1. The van der Waals surface area contributed by atoms with Gasteiger partial charge in [-0.3, -0.25) is 9.59 Å². The molecule has 0 spiro atoms. The van der Waals surface area contributed by atoms with E-state index in [0.29, 0.717) is 12.0 Å². The molecule has 1 aromatic carbocycles. The number of hydrogen-bond donors (Lipinski definition) is 3. The van der Waals surface area contributed by atoms with Gasteiger partial charge < -0.3 is 20.7 Å². The van der Waals surface area contributed by atoms with Crippen LogP contribution in [-0.4, -0.2) is 36.5 Å². The molecule has 1 aromatic heterocycles. The van der Waals surface area contributed by atoms with Crippen molar-refractivity contribution in [3.8, 4) is 0 Å². The van der Waals surface area contributed by atoms with Crippen LogP contribution in [0, 0.1) is 0 Å². The second-order valence-electron chi connectivity index (χ2n) is 7.30. The van der Waals surface area contributed by atoms with Gasteiger partial charge in [0.05, 0.1) is 12.1 Å². The molecule has 2 aromatic rings. The van der Waals surface area contributed by atoms with E-state index in [1.807, 2.05) is 51.1 Å². The minimum absolute atomic E-state index is 0.0165. The SMILES string of the molecule is CC(C)NC(=O)CNC(=O)c1cc[n+](COC(=O)N[C@@H](C)Cc2ccccc2)cc1. The van der Waals surface area contributed by atoms with E-state index in [1.54, 1.807) is 29.1 Å². The van der Waals surface area contributed by atoms with Crippen molar-refractivity contribution >= 4 is 17.9 Å². The van der Waals surface area contributed by atoms with Crippen molar-refractivity contribution in [3.63, 3.8) is 0 Å². The van der Waals surface area contributed by atoms with Gasteiger partial charge in [0.2, 0.25) is 5.91 Å². The maximum atomic E-state index is 12.1. The van der Waals surface area contributed by atoms with Crippen LogP contribution >= 0.6 is 0 Å². The highest BCUT2D eigenvalue weighted by atomic mass is 16.6. The van der Waals surface area contributed by atoms with Crippen LogP contribution in [-0.2, 0) is 22.7 Å². The van der Waals surface area contributed by atoms with Crippen LogP contribution in [0.3, 0.4) is 0 Å². The molecule has 3 N–H and O–H groups in total. The summed E-state index contributed by atoms with van der Waals surface area (Å²) in [6, 6.07) is 13.0. The van der Waals surface area contributed by atoms with Crippen LogP contribution in [0.2, 0.25) is 0 Å². The molecule has 1 atom stereocenters. The van der Waals surface area contributed by atoms with E-state index in [0.717, 1.165) is 5.56 Å². The highest BCUT2D eigenvalue weighted by Gasteiger charge is 2.13. The van der Waals surface area contributed by atoms with E-state index in [9.17, 15) is 14.4 Å². The smallest absolute Gasteiger partial charge is 0.388 e. The molecule has 0 fully saturated rings. The van der Waals surface area contributed by atoms with Crippen molar-refractivity contribution in [3.05, 3.63) is 66.0 Å². The number of amides is 3. The molecule has 1 heterocycles. The van der Waals surface area contributed by atoms with E-state index in [1.165, 1.54) is 0 Å². The summed E-state index contributed by atoms with van der Waals surface area (Å²) < 4.78 is 6.84. The fourth-order valence-corrected chi connectivity index (χ4v) is 2.73. The van der Waals surface area contributed by atoms with E-state index in [2.05, 4.69) is 16.0 Å². The maximum absolute atomic E-state index is 12.1. The minimum Gasteiger partial charge on any atom is -0.388 e. The second kappa shape index (κ2) is 11.5. The Bertz CT molecular complexity index is 838. The van der Waals surface area contributed by atoms with Crippen molar-refractivity contribution < 1.29 is 23.7 Å². The van der Waals surface area contributed by atoms with Crippen LogP contribution in [0.5, 0.6) is 0 Å². The average molecular weight is 413 g/mol. The zero-order chi connectivity index (χ0) is 21.9. The standard InChI is InChI=1S/C22H28N4O4/c1-16(2)24-20(27)14-23-21(28)19-9-11-26(12-10-19)15-30-22(29)25-17(3)13-18-7-5-4-6-8-18/h4-12,16-17H,13-15H2,1-3H3,(H2-,23,24,25,27,28,29)/p+1/t17-/m0/s1. The summed E-state index contributed by atoms with van der Waals surface area (Å²) in [5, 5.41) is 8.05. The Labute approximate surface area is 176 Å². The first kappa shape index (κ1) is 22.9. The molecule has 0 saturated carbocycles. The third kappa shape index (κ3) is 8.30. The number of hydrogen-bond acceptors (Lipinski definition) is 4. The molecule has 0 radical (unpaired) electrons. The molecule has 0 saturated heterocycles. The topological polar surface area (TPSA) is 100 Å². The number of carbonyl (C=O) groups excluding carboxylic acids is 3. The fraction of sp³-hybridized carbons (Fsp3) is 0.364. The van der Waals surface area contributed by atoms with Crippen LogP contribution in [0.1, 0.15) is 36.7 Å². The highest BCUT2D eigenvalue weighted by Crippen LogP contribution is 2.03. The Kier molecular flexibility index (Phi) is 8.80. The summed E-state index contributed by atoms with van der Waals surface area (Å²) in [4.78, 5) is 35.6. The largest absolute Gasteiger partial charge is 0.412 e. The fourth-order valence-electron chi connectivity index (χ4n) is 2.73. The first-order valence-electron chi connectivity index (χ1n) is 9.87. The van der Waals surface area contributed by atoms with Gasteiger partial charge in [0, 0.05) is 24.2 Å². The number of ether oxygens (including phenoxy) is 1. The number of nitrogens with one attached hydrogen (secondary N) is 3. The van der Waals surface area contributed by atoms with Gasteiger partial charge in [-0.25, -0.2) is 4.79 Å². The van der Waals surface area contributed by atoms with E-state index < -0.39 is 6.09 Å². The molecule has 30 heavy (non-hydrogen) atoms. The van der Waals surface area contributed by atoms with Gasteiger partial charge in [0.15, 0.2) is 12.4 Å². The van der Waals surface area contributed by atoms with Crippen molar-refractivity contribution in [2.24, 2.45) is 0 Å². The van der Waals surface area contributed by atoms with Gasteiger partial charge in [-0.15, -0.1) is 0 Å². The summed E-state index contributed by atoms with van der Waals surface area (Å²) >= 11 is 0. The predicted octanol–water partition coefficient (Wildman–Crippen LogP) is 1.54. The third-order valence-electron chi connectivity index (χ3n) is 4.11. The zero-order valence-corrected chi connectivity index (χ0v) is 17.6. The molecular weight excluding hydrogens is 384 g/mol. The Morgan fingerprint density at radius 3 is 2.27 bits per heavy atom. The first-order valence-corrected chi connectivity index (χ1v) is 9.87. The van der Waals surface area contributed by atoms with E-state index in [-0.39, 0.29) is 37.2 Å². The quantitative estimate of drug-likeness (QED) is 0.543. The summed E-state index contributed by atoms with van der Waals surface area (Å²) in [5.74, 6) is -0.597. The molecule has 8 heteroatoms. The number of rotatable bonds is 9. The number of carbonyl (C=O) groups is 3. The van der Waals surface area contributed by atoms with Gasteiger partial charge in [-0.1, -0.05) is 30.3 Å². The summed E-state index contributed by atoms with van der Waals surface area (Å²) in [6.45, 7) is 5.54. The zero-order valence-electron chi connectivity index (χ0n) is 17.6. The molecule has 0 aliphatic heterocycles. The Balaban J connectivity index is 1.73. The predicted molar refractivity (Wildman–Crippen MR) is 111 cm³/mol. The van der Waals surface area contributed by atoms with Crippen LogP contribution in [0.15, 0.2) is 54.9 Å². The number of benzene rings is 1. The number of nitrogens with zero attached hydrogens (tertiary/aromatic N) is 1. The lowest BCUT2D eigenvalue weighted by molar-refractivity contribution is -0.727. The van der Waals surface area contributed by atoms with Crippen molar-refractivity contribution in [1.82, 2.24) is 16.0 Å². The second-order valence-corrected chi connectivity index (χ2v) is 7.30.